The molecule has 0 aliphatic heterocycles. The van der Waals surface area contributed by atoms with E-state index in [4.69, 9.17) is 21.7 Å². The van der Waals surface area contributed by atoms with E-state index >= 15 is 0 Å². The van der Waals surface area contributed by atoms with Crippen LogP contribution in [0, 0.1) is 0 Å². The summed E-state index contributed by atoms with van der Waals surface area (Å²) in [5.41, 5.74) is 11.2. The monoisotopic (exact) mass is 682 g/mol. The van der Waals surface area contributed by atoms with E-state index in [9.17, 15) is 9.59 Å². The Bertz CT molecular complexity index is 1320. The highest BCUT2D eigenvalue weighted by molar-refractivity contribution is 7.80. The molecule has 2 amide bonds. The van der Waals surface area contributed by atoms with Crippen molar-refractivity contribution in [2.45, 2.75) is 159 Å². The average molecular weight is 683 g/mol. The second kappa shape index (κ2) is 18.4. The minimum atomic E-state index is -0.554. The topological polar surface area (TPSA) is 101 Å². The summed E-state index contributed by atoms with van der Waals surface area (Å²) in [5.74, 6) is 0. The maximum Gasteiger partial charge on any atom is 0.407 e. The van der Waals surface area contributed by atoms with Gasteiger partial charge in [0.05, 0.1) is 0 Å². The molecule has 48 heavy (non-hydrogen) atoms. The molecule has 2 aromatic carbocycles. The lowest BCUT2D eigenvalue weighted by Crippen LogP contribution is -2.36. The van der Waals surface area contributed by atoms with Crippen LogP contribution in [0.1, 0.15) is 139 Å². The molecule has 0 spiro atoms. The molecular formula is C39H62N4O4S. The Hall–Kier alpha value is -3.33. The molecule has 0 fully saturated rings. The number of ether oxygens (including phenoxy) is 2. The van der Waals surface area contributed by atoms with E-state index in [2.05, 4.69) is 74.9 Å². The van der Waals surface area contributed by atoms with E-state index in [0.717, 1.165) is 49.7 Å². The number of hydrogen-bond donors (Lipinski definition) is 4. The van der Waals surface area contributed by atoms with Gasteiger partial charge in [-0.25, -0.2) is 9.59 Å². The first-order chi connectivity index (χ1) is 22.5. The van der Waals surface area contributed by atoms with Crippen molar-refractivity contribution in [1.29, 1.82) is 0 Å². The van der Waals surface area contributed by atoms with Crippen LogP contribution in [0.15, 0.2) is 12.1 Å². The Morgan fingerprint density at radius 2 is 0.771 bits per heavy atom. The molecule has 0 bridgehead atoms. The minimum Gasteiger partial charge on any atom is -0.444 e. The summed E-state index contributed by atoms with van der Waals surface area (Å²) in [5, 5.41) is 13.5. The van der Waals surface area contributed by atoms with Crippen molar-refractivity contribution in [2.75, 3.05) is 0 Å². The van der Waals surface area contributed by atoms with Crippen LogP contribution in [0.3, 0.4) is 0 Å². The van der Waals surface area contributed by atoms with Crippen LogP contribution in [0.5, 0.6) is 0 Å². The molecule has 0 atom stereocenters. The number of carbonyl (C=O) groups is 2. The lowest BCUT2D eigenvalue weighted by Gasteiger charge is -2.25. The first-order valence-corrected chi connectivity index (χ1v) is 18.2. The Labute approximate surface area is 295 Å². The van der Waals surface area contributed by atoms with Crippen molar-refractivity contribution in [3.8, 4) is 0 Å². The third-order valence-corrected chi connectivity index (χ3v) is 8.69. The van der Waals surface area contributed by atoms with E-state index in [1.165, 1.54) is 44.5 Å². The highest BCUT2D eigenvalue weighted by Gasteiger charge is 2.21. The maximum absolute atomic E-state index is 12.5. The number of benzene rings is 2. The van der Waals surface area contributed by atoms with Gasteiger partial charge >= 0.3 is 12.2 Å². The lowest BCUT2D eigenvalue weighted by molar-refractivity contribution is 0.0512. The summed E-state index contributed by atoms with van der Waals surface area (Å²) < 4.78 is 11.0. The van der Waals surface area contributed by atoms with Gasteiger partial charge in [0.15, 0.2) is 5.11 Å². The molecule has 0 radical (unpaired) electrons. The molecule has 4 N–H and O–H groups in total. The zero-order valence-electron chi connectivity index (χ0n) is 31.8. The molecule has 8 nitrogen and oxygen atoms in total. The van der Waals surface area contributed by atoms with Crippen molar-refractivity contribution >= 4 is 29.5 Å². The van der Waals surface area contributed by atoms with Gasteiger partial charge in [0.25, 0.3) is 0 Å². The van der Waals surface area contributed by atoms with Gasteiger partial charge in [0.2, 0.25) is 0 Å². The van der Waals surface area contributed by atoms with Crippen LogP contribution < -0.4 is 21.3 Å². The number of nitrogens with one attached hydrogen (secondary N) is 4. The van der Waals surface area contributed by atoms with Crippen LogP contribution in [-0.2, 0) is 74.2 Å². The van der Waals surface area contributed by atoms with Gasteiger partial charge in [-0.15, -0.1) is 0 Å². The van der Waals surface area contributed by atoms with Gasteiger partial charge in [-0.05, 0) is 148 Å². The summed E-state index contributed by atoms with van der Waals surface area (Å²) in [4.78, 5) is 25.0. The molecule has 0 aromatic heterocycles. The predicted octanol–water partition coefficient (Wildman–Crippen LogP) is 8.27. The number of hydrogen-bond acceptors (Lipinski definition) is 5. The maximum atomic E-state index is 12.5. The molecule has 268 valence electrons. The number of amides is 2. The van der Waals surface area contributed by atoms with E-state index in [-0.39, 0.29) is 0 Å². The number of carbonyl (C=O) groups excluding carboxylic acids is 2. The van der Waals surface area contributed by atoms with Gasteiger partial charge in [-0.2, -0.15) is 0 Å². The van der Waals surface area contributed by atoms with Crippen molar-refractivity contribution in [3.05, 3.63) is 67.8 Å². The Morgan fingerprint density at radius 1 is 0.500 bits per heavy atom. The first kappa shape index (κ1) is 40.8. The molecule has 0 aliphatic rings. The fourth-order valence-corrected chi connectivity index (χ4v) is 6.40. The quantitative estimate of drug-likeness (QED) is 0.149. The second-order valence-electron chi connectivity index (χ2n) is 14.1. The largest absolute Gasteiger partial charge is 0.444 e. The van der Waals surface area contributed by atoms with E-state index in [0.29, 0.717) is 31.3 Å². The summed E-state index contributed by atoms with van der Waals surface area (Å²) in [6, 6.07) is 4.56. The Kier molecular flexibility index (Phi) is 15.7. The van der Waals surface area contributed by atoms with E-state index in [1.54, 1.807) is 0 Å². The number of rotatable bonds is 14. The third-order valence-electron chi connectivity index (χ3n) is 8.40. The first-order valence-electron chi connectivity index (χ1n) is 17.8. The van der Waals surface area contributed by atoms with Crippen LogP contribution in [0.2, 0.25) is 0 Å². The third kappa shape index (κ3) is 12.0. The lowest BCUT2D eigenvalue weighted by atomic mass is 9.87. The molecular weight excluding hydrogens is 621 g/mol. The minimum absolute atomic E-state index is 0.412. The highest BCUT2D eigenvalue weighted by atomic mass is 32.1. The predicted molar refractivity (Wildman–Crippen MR) is 202 cm³/mol. The number of aryl methyl sites for hydroxylation is 4. The SMILES string of the molecule is CCc1cc(CC)c(CNC(=S)NCc2c(CC)cc(CC)c(CNC(=O)OC(C)(C)C)c2CC)c(CC)c1CNC(=O)OC(C)(C)C. The molecule has 2 rings (SSSR count). The molecule has 0 saturated heterocycles. The van der Waals surface area contributed by atoms with Crippen LogP contribution in [0.4, 0.5) is 9.59 Å². The molecule has 2 aromatic rings. The molecule has 9 heteroatoms. The summed E-state index contributed by atoms with van der Waals surface area (Å²) in [7, 11) is 0. The second-order valence-corrected chi connectivity index (χ2v) is 14.5. The molecule has 0 aliphatic carbocycles. The average Bonchev–Trinajstić information content (AvgIpc) is 3.01. The number of thiocarbonyl (C=S) groups is 1. The Balaban J connectivity index is 2.30. The van der Waals surface area contributed by atoms with Crippen molar-refractivity contribution in [1.82, 2.24) is 21.3 Å². The summed E-state index contributed by atoms with van der Waals surface area (Å²) in [6.07, 6.45) is 4.42. The zero-order valence-corrected chi connectivity index (χ0v) is 32.6. The normalized spacial score (nSPS) is 11.6. The summed E-state index contributed by atoms with van der Waals surface area (Å²) in [6.45, 7) is 26.2. The highest BCUT2D eigenvalue weighted by Crippen LogP contribution is 2.28. The van der Waals surface area contributed by atoms with E-state index < -0.39 is 23.4 Å². The van der Waals surface area contributed by atoms with Crippen molar-refractivity contribution in [3.63, 3.8) is 0 Å². The molecule has 0 saturated carbocycles. The van der Waals surface area contributed by atoms with Gasteiger partial charge in [-0.3, -0.25) is 0 Å². The zero-order chi connectivity index (χ0) is 36.2. The standard InChI is InChI=1S/C39H62N4O4S/c1-13-25-19-27(15-3)33(23-42-36(44)46-38(7,8)9)29(17-5)31(25)21-40-35(48)41-22-32-26(14-2)20-28(16-4)34(30(32)18-6)24-43-37(45)47-39(10,11)12/h19-20H,13-18,21-24H2,1-12H3,(H,42,44)(H,43,45)(H2,40,41,48). The fraction of sp³-hybridized carbons (Fsp3) is 0.615. The van der Waals surface area contributed by atoms with Crippen molar-refractivity contribution < 1.29 is 19.1 Å². The number of alkyl carbamates (subject to hydrolysis) is 2. The Morgan fingerprint density at radius 3 is 1.00 bits per heavy atom. The molecule has 0 heterocycles. The van der Waals surface area contributed by atoms with Crippen LogP contribution in [0.25, 0.3) is 0 Å². The van der Waals surface area contributed by atoms with Crippen LogP contribution in [-0.4, -0.2) is 28.5 Å². The van der Waals surface area contributed by atoms with Gasteiger partial charge in [-0.1, -0.05) is 53.7 Å². The summed E-state index contributed by atoms with van der Waals surface area (Å²) >= 11 is 5.84. The van der Waals surface area contributed by atoms with Crippen molar-refractivity contribution in [2.24, 2.45) is 0 Å². The van der Waals surface area contributed by atoms with Gasteiger partial charge in [0.1, 0.15) is 11.2 Å². The van der Waals surface area contributed by atoms with Gasteiger partial charge < -0.3 is 30.7 Å². The van der Waals surface area contributed by atoms with Gasteiger partial charge in [0, 0.05) is 26.2 Å². The van der Waals surface area contributed by atoms with E-state index in [1.807, 2.05) is 41.5 Å². The molecule has 0 unspecified atom stereocenters. The fourth-order valence-electron chi connectivity index (χ4n) is 6.25. The smallest absolute Gasteiger partial charge is 0.407 e. The van der Waals surface area contributed by atoms with Crippen LogP contribution >= 0.6 is 12.2 Å².